The van der Waals surface area contributed by atoms with E-state index in [1.54, 1.807) is 19.2 Å². The molecule has 4 nitrogen and oxygen atoms in total. The topological polar surface area (TPSA) is 47.8 Å². The van der Waals surface area contributed by atoms with E-state index in [9.17, 15) is 4.79 Å². The summed E-state index contributed by atoms with van der Waals surface area (Å²) in [5, 5.41) is 8.10. The molecule has 0 aliphatic heterocycles. The first kappa shape index (κ1) is 11.1. The Balaban J connectivity index is 2.42. The van der Waals surface area contributed by atoms with Gasteiger partial charge in [-0.3, -0.25) is 4.79 Å². The Morgan fingerprint density at radius 1 is 1.31 bits per heavy atom. The van der Waals surface area contributed by atoms with Gasteiger partial charge in [-0.1, -0.05) is 28.4 Å². The predicted molar refractivity (Wildman–Crippen MR) is 60.9 cm³/mol. The number of nitrogens with zero attached hydrogens (tertiary/aromatic N) is 3. The largest absolute Gasteiger partial charge is 0.287 e. The summed E-state index contributed by atoms with van der Waals surface area (Å²) in [4.78, 5) is 12.0. The molecule has 16 heavy (non-hydrogen) atoms. The highest BCUT2D eigenvalue weighted by Gasteiger charge is 2.14. The minimum atomic E-state index is -0.189. The van der Waals surface area contributed by atoms with Crippen molar-refractivity contribution in [2.75, 3.05) is 0 Å². The van der Waals surface area contributed by atoms with E-state index >= 15 is 0 Å². The standard InChI is InChI=1S/C10H7Cl2N3O/c1-15-9(5-13-14-15)10(16)6-2-3-7(11)8(12)4-6/h2-5H,1H3. The number of hydrogen-bond acceptors (Lipinski definition) is 3. The molecule has 0 N–H and O–H groups in total. The summed E-state index contributed by atoms with van der Waals surface area (Å²) in [5.41, 5.74) is 0.859. The van der Waals surface area contributed by atoms with E-state index in [1.807, 2.05) is 0 Å². The number of carbonyl (C=O) groups excluding carboxylic acids is 1. The molecule has 0 amide bonds. The van der Waals surface area contributed by atoms with E-state index in [-0.39, 0.29) is 5.78 Å². The lowest BCUT2D eigenvalue weighted by Gasteiger charge is -2.02. The summed E-state index contributed by atoms with van der Waals surface area (Å²) in [6, 6.07) is 4.73. The first-order valence-corrected chi connectivity index (χ1v) is 5.19. The first-order valence-electron chi connectivity index (χ1n) is 4.44. The second kappa shape index (κ2) is 4.23. The van der Waals surface area contributed by atoms with Crippen molar-refractivity contribution >= 4 is 29.0 Å². The maximum Gasteiger partial charge on any atom is 0.212 e. The highest BCUT2D eigenvalue weighted by Crippen LogP contribution is 2.23. The fourth-order valence-electron chi connectivity index (χ4n) is 1.28. The van der Waals surface area contributed by atoms with E-state index in [0.29, 0.717) is 21.3 Å². The Labute approximate surface area is 102 Å². The van der Waals surface area contributed by atoms with Crippen LogP contribution in [0.5, 0.6) is 0 Å². The van der Waals surface area contributed by atoms with E-state index in [1.165, 1.54) is 16.9 Å². The van der Waals surface area contributed by atoms with Crippen molar-refractivity contribution in [1.29, 1.82) is 0 Å². The van der Waals surface area contributed by atoms with Gasteiger partial charge in [-0.2, -0.15) is 0 Å². The second-order valence-corrected chi connectivity index (χ2v) is 4.02. The smallest absolute Gasteiger partial charge is 0.212 e. The molecule has 1 aromatic heterocycles. The summed E-state index contributed by atoms with van der Waals surface area (Å²) in [5.74, 6) is -0.189. The monoisotopic (exact) mass is 255 g/mol. The number of benzene rings is 1. The number of ketones is 1. The zero-order chi connectivity index (χ0) is 11.7. The van der Waals surface area contributed by atoms with E-state index < -0.39 is 0 Å². The van der Waals surface area contributed by atoms with Gasteiger partial charge < -0.3 is 0 Å². The molecule has 1 aromatic carbocycles. The van der Waals surface area contributed by atoms with Crippen LogP contribution in [0.25, 0.3) is 0 Å². The molecule has 6 heteroatoms. The minimum Gasteiger partial charge on any atom is -0.287 e. The summed E-state index contributed by atoms with van der Waals surface area (Å²) >= 11 is 11.6. The van der Waals surface area contributed by atoms with E-state index in [0.717, 1.165) is 0 Å². The highest BCUT2D eigenvalue weighted by molar-refractivity contribution is 6.42. The van der Waals surface area contributed by atoms with Gasteiger partial charge in [-0.15, -0.1) is 5.10 Å². The molecule has 0 fully saturated rings. The molecule has 0 atom stereocenters. The van der Waals surface area contributed by atoms with Crippen LogP contribution in [0.3, 0.4) is 0 Å². The lowest BCUT2D eigenvalue weighted by molar-refractivity contribution is 0.103. The second-order valence-electron chi connectivity index (χ2n) is 3.20. The number of aromatic nitrogens is 3. The number of hydrogen-bond donors (Lipinski definition) is 0. The van der Waals surface area contributed by atoms with Gasteiger partial charge in [0.25, 0.3) is 0 Å². The molecule has 0 aliphatic carbocycles. The van der Waals surface area contributed by atoms with Gasteiger partial charge in [0.15, 0.2) is 0 Å². The van der Waals surface area contributed by atoms with Crippen molar-refractivity contribution in [3.05, 3.63) is 45.7 Å². The van der Waals surface area contributed by atoms with Crippen LogP contribution in [0, 0.1) is 0 Å². The van der Waals surface area contributed by atoms with Gasteiger partial charge in [-0.25, -0.2) is 4.68 Å². The number of rotatable bonds is 2. The quantitative estimate of drug-likeness (QED) is 0.775. The number of halogens is 2. The van der Waals surface area contributed by atoms with E-state index in [2.05, 4.69) is 10.3 Å². The summed E-state index contributed by atoms with van der Waals surface area (Å²) in [7, 11) is 1.65. The van der Waals surface area contributed by atoms with Crippen LogP contribution >= 0.6 is 23.2 Å². The maximum absolute atomic E-state index is 12.0. The molecule has 0 unspecified atom stereocenters. The molecule has 0 spiro atoms. The van der Waals surface area contributed by atoms with Crippen LogP contribution in [0.4, 0.5) is 0 Å². The fourth-order valence-corrected chi connectivity index (χ4v) is 1.58. The molecular formula is C10H7Cl2N3O. The Bertz CT molecular complexity index is 551. The normalized spacial score (nSPS) is 10.4. The van der Waals surface area contributed by atoms with Crippen molar-refractivity contribution in [2.45, 2.75) is 0 Å². The molecular weight excluding hydrogens is 249 g/mol. The highest BCUT2D eigenvalue weighted by atomic mass is 35.5. The molecule has 2 aromatic rings. The minimum absolute atomic E-state index is 0.189. The van der Waals surface area contributed by atoms with Crippen LogP contribution < -0.4 is 0 Å². The Morgan fingerprint density at radius 2 is 2.06 bits per heavy atom. The molecule has 0 radical (unpaired) electrons. The van der Waals surface area contributed by atoms with Crippen LogP contribution in [0.2, 0.25) is 10.0 Å². The van der Waals surface area contributed by atoms with Gasteiger partial charge >= 0.3 is 0 Å². The SMILES string of the molecule is Cn1nncc1C(=O)c1ccc(Cl)c(Cl)c1. The van der Waals surface area contributed by atoms with Crippen molar-refractivity contribution in [1.82, 2.24) is 15.0 Å². The lowest BCUT2D eigenvalue weighted by atomic mass is 10.1. The molecule has 0 saturated heterocycles. The third kappa shape index (κ3) is 1.94. The average molecular weight is 256 g/mol. The van der Waals surface area contributed by atoms with Crippen LogP contribution in [-0.2, 0) is 7.05 Å². The average Bonchev–Trinajstić information content (AvgIpc) is 2.67. The molecule has 2 rings (SSSR count). The van der Waals surface area contributed by atoms with Gasteiger partial charge in [-0.05, 0) is 18.2 Å². The Hall–Kier alpha value is -1.39. The zero-order valence-corrected chi connectivity index (χ0v) is 9.83. The third-order valence-electron chi connectivity index (χ3n) is 2.13. The Kier molecular flexibility index (Phi) is 2.94. The Morgan fingerprint density at radius 3 is 2.62 bits per heavy atom. The van der Waals surface area contributed by atoms with Gasteiger partial charge in [0.05, 0.1) is 16.2 Å². The zero-order valence-electron chi connectivity index (χ0n) is 8.32. The maximum atomic E-state index is 12.0. The molecule has 0 aliphatic rings. The van der Waals surface area contributed by atoms with Crippen molar-refractivity contribution in [2.24, 2.45) is 7.05 Å². The first-order chi connectivity index (χ1) is 7.59. The predicted octanol–water partition coefficient (Wildman–Crippen LogP) is 2.35. The number of carbonyl (C=O) groups is 1. The van der Waals surface area contributed by atoms with Crippen LogP contribution in [0.15, 0.2) is 24.4 Å². The van der Waals surface area contributed by atoms with Crippen LogP contribution in [-0.4, -0.2) is 20.8 Å². The van der Waals surface area contributed by atoms with E-state index in [4.69, 9.17) is 23.2 Å². The third-order valence-corrected chi connectivity index (χ3v) is 2.87. The summed E-state index contributed by atoms with van der Waals surface area (Å²) in [6.07, 6.45) is 1.41. The molecule has 1 heterocycles. The molecule has 82 valence electrons. The van der Waals surface area contributed by atoms with Gasteiger partial charge in [0, 0.05) is 12.6 Å². The molecule has 0 bridgehead atoms. The van der Waals surface area contributed by atoms with Crippen molar-refractivity contribution < 1.29 is 4.79 Å². The van der Waals surface area contributed by atoms with Crippen molar-refractivity contribution in [3.8, 4) is 0 Å². The summed E-state index contributed by atoms with van der Waals surface area (Å²) < 4.78 is 1.41. The lowest BCUT2D eigenvalue weighted by Crippen LogP contribution is -2.08. The van der Waals surface area contributed by atoms with Crippen molar-refractivity contribution in [3.63, 3.8) is 0 Å². The molecule has 0 saturated carbocycles. The van der Waals surface area contributed by atoms with Gasteiger partial charge in [0.2, 0.25) is 5.78 Å². The number of aryl methyl sites for hydroxylation is 1. The van der Waals surface area contributed by atoms with Gasteiger partial charge in [0.1, 0.15) is 5.69 Å². The van der Waals surface area contributed by atoms with Crippen LogP contribution in [0.1, 0.15) is 16.1 Å². The summed E-state index contributed by atoms with van der Waals surface area (Å²) in [6.45, 7) is 0. The fraction of sp³-hybridized carbons (Fsp3) is 0.100.